The van der Waals surface area contributed by atoms with Crippen molar-refractivity contribution in [3.8, 4) is 11.8 Å². The predicted molar refractivity (Wildman–Crippen MR) is 77.2 cm³/mol. The SMILES string of the molecule is Cl.Fc1ccc(C#Cc2nc3c(s2)CNCC3)cc1. The van der Waals surface area contributed by atoms with Crippen molar-refractivity contribution in [2.24, 2.45) is 0 Å². The number of aromatic nitrogens is 1. The Labute approximate surface area is 121 Å². The monoisotopic (exact) mass is 294 g/mol. The van der Waals surface area contributed by atoms with E-state index < -0.39 is 0 Å². The molecule has 2 aromatic rings. The second kappa shape index (κ2) is 6.16. The molecule has 1 aromatic heterocycles. The Morgan fingerprint density at radius 1 is 1.21 bits per heavy atom. The van der Waals surface area contributed by atoms with Gasteiger partial charge in [-0.2, -0.15) is 0 Å². The van der Waals surface area contributed by atoms with Crippen molar-refractivity contribution in [3.63, 3.8) is 0 Å². The lowest BCUT2D eigenvalue weighted by atomic mass is 10.2. The number of nitrogens with one attached hydrogen (secondary N) is 1. The maximum atomic E-state index is 12.7. The van der Waals surface area contributed by atoms with Gasteiger partial charge >= 0.3 is 0 Å². The van der Waals surface area contributed by atoms with Crippen molar-refractivity contribution < 1.29 is 4.39 Å². The fourth-order valence-corrected chi connectivity index (χ4v) is 2.77. The van der Waals surface area contributed by atoms with Crippen molar-refractivity contribution >= 4 is 23.7 Å². The quantitative estimate of drug-likeness (QED) is 0.756. The Balaban J connectivity index is 0.00000133. The summed E-state index contributed by atoms with van der Waals surface area (Å²) in [6.45, 7) is 1.88. The van der Waals surface area contributed by atoms with Gasteiger partial charge in [0.25, 0.3) is 0 Å². The molecule has 0 saturated heterocycles. The predicted octanol–water partition coefficient (Wildman–Crippen LogP) is 2.75. The van der Waals surface area contributed by atoms with Crippen LogP contribution in [0.2, 0.25) is 0 Å². The van der Waals surface area contributed by atoms with E-state index in [0.717, 1.165) is 30.1 Å². The molecule has 19 heavy (non-hydrogen) atoms. The molecule has 3 rings (SSSR count). The topological polar surface area (TPSA) is 24.9 Å². The number of fused-ring (bicyclic) bond motifs is 1. The second-order valence-corrected chi connectivity index (χ2v) is 5.16. The molecule has 2 nitrogen and oxygen atoms in total. The lowest BCUT2D eigenvalue weighted by molar-refractivity contribution is 0.627. The molecule has 2 heterocycles. The van der Waals surface area contributed by atoms with Gasteiger partial charge in [0.05, 0.1) is 5.69 Å². The van der Waals surface area contributed by atoms with Crippen LogP contribution >= 0.6 is 23.7 Å². The minimum atomic E-state index is -0.240. The molecule has 0 aliphatic carbocycles. The molecule has 1 aliphatic rings. The first kappa shape index (κ1) is 14.0. The van der Waals surface area contributed by atoms with E-state index in [1.54, 1.807) is 23.5 Å². The number of hydrogen-bond acceptors (Lipinski definition) is 3. The van der Waals surface area contributed by atoms with E-state index in [0.29, 0.717) is 0 Å². The zero-order valence-corrected chi connectivity index (χ0v) is 11.7. The fourth-order valence-electron chi connectivity index (χ4n) is 1.84. The van der Waals surface area contributed by atoms with E-state index in [1.807, 2.05) is 0 Å². The third kappa shape index (κ3) is 3.32. The third-order valence-electron chi connectivity index (χ3n) is 2.76. The number of nitrogens with zero attached hydrogens (tertiary/aromatic N) is 1. The van der Waals surface area contributed by atoms with Crippen LogP contribution in [-0.2, 0) is 13.0 Å². The smallest absolute Gasteiger partial charge is 0.167 e. The van der Waals surface area contributed by atoms with Crippen LogP contribution in [0, 0.1) is 17.7 Å². The van der Waals surface area contributed by atoms with E-state index in [2.05, 4.69) is 22.1 Å². The minimum Gasteiger partial charge on any atom is -0.311 e. The van der Waals surface area contributed by atoms with Gasteiger partial charge in [0.2, 0.25) is 0 Å². The molecule has 1 aliphatic heterocycles. The van der Waals surface area contributed by atoms with E-state index in [-0.39, 0.29) is 18.2 Å². The first-order valence-corrected chi connectivity index (χ1v) is 6.60. The summed E-state index contributed by atoms with van der Waals surface area (Å²) in [7, 11) is 0. The normalized spacial score (nSPS) is 12.9. The van der Waals surface area contributed by atoms with Crippen LogP contribution in [0.4, 0.5) is 4.39 Å². The molecule has 0 spiro atoms. The first-order chi connectivity index (χ1) is 8.81. The molecular weight excluding hydrogens is 283 g/mol. The molecule has 5 heteroatoms. The van der Waals surface area contributed by atoms with Crippen LogP contribution in [-0.4, -0.2) is 11.5 Å². The van der Waals surface area contributed by atoms with Gasteiger partial charge < -0.3 is 5.32 Å². The summed E-state index contributed by atoms with van der Waals surface area (Å²) in [5, 5.41) is 4.16. The van der Waals surface area contributed by atoms with Gasteiger partial charge in [0, 0.05) is 30.0 Å². The molecule has 0 fully saturated rings. The highest BCUT2D eigenvalue weighted by molar-refractivity contribution is 7.12. The van der Waals surface area contributed by atoms with Gasteiger partial charge in [0.15, 0.2) is 5.01 Å². The van der Waals surface area contributed by atoms with E-state index >= 15 is 0 Å². The van der Waals surface area contributed by atoms with Gasteiger partial charge in [-0.15, -0.1) is 23.7 Å². The summed E-state index contributed by atoms with van der Waals surface area (Å²) in [5.74, 6) is 5.81. The van der Waals surface area contributed by atoms with Crippen molar-refractivity contribution in [1.82, 2.24) is 10.3 Å². The minimum absolute atomic E-state index is 0. The Bertz CT molecular complexity index is 602. The molecule has 1 aromatic carbocycles. The molecule has 0 atom stereocenters. The largest absolute Gasteiger partial charge is 0.311 e. The van der Waals surface area contributed by atoms with Crippen LogP contribution in [0.5, 0.6) is 0 Å². The summed E-state index contributed by atoms with van der Waals surface area (Å²) < 4.78 is 12.7. The Morgan fingerprint density at radius 3 is 2.74 bits per heavy atom. The second-order valence-electron chi connectivity index (χ2n) is 4.07. The highest BCUT2D eigenvalue weighted by atomic mass is 35.5. The number of hydrogen-bond donors (Lipinski definition) is 1. The van der Waals surface area contributed by atoms with Gasteiger partial charge in [-0.3, -0.25) is 0 Å². The maximum Gasteiger partial charge on any atom is 0.167 e. The Hall–Kier alpha value is -1.41. The van der Waals surface area contributed by atoms with Crippen LogP contribution in [0.15, 0.2) is 24.3 Å². The van der Waals surface area contributed by atoms with E-state index in [9.17, 15) is 4.39 Å². The number of thiazole rings is 1. The zero-order chi connectivity index (χ0) is 12.4. The molecule has 0 bridgehead atoms. The summed E-state index contributed by atoms with van der Waals surface area (Å²) in [5.41, 5.74) is 1.98. The number of benzene rings is 1. The fraction of sp³-hybridized carbons (Fsp3) is 0.214. The van der Waals surface area contributed by atoms with Crippen molar-refractivity contribution in [1.29, 1.82) is 0 Å². The number of halogens is 2. The molecule has 0 radical (unpaired) electrons. The van der Waals surface area contributed by atoms with Crippen LogP contribution in [0.1, 0.15) is 21.1 Å². The Morgan fingerprint density at radius 2 is 2.00 bits per heavy atom. The third-order valence-corrected chi connectivity index (χ3v) is 3.77. The van der Waals surface area contributed by atoms with Gasteiger partial charge in [-0.1, -0.05) is 5.92 Å². The molecule has 98 valence electrons. The Kier molecular flexibility index (Phi) is 4.54. The van der Waals surface area contributed by atoms with E-state index in [4.69, 9.17) is 0 Å². The van der Waals surface area contributed by atoms with Crippen LogP contribution < -0.4 is 5.32 Å². The average Bonchev–Trinajstić information content (AvgIpc) is 2.81. The van der Waals surface area contributed by atoms with Crippen molar-refractivity contribution in [2.75, 3.05) is 6.54 Å². The molecule has 0 saturated carbocycles. The van der Waals surface area contributed by atoms with Crippen molar-refractivity contribution in [3.05, 3.63) is 51.2 Å². The highest BCUT2D eigenvalue weighted by Gasteiger charge is 2.13. The summed E-state index contributed by atoms with van der Waals surface area (Å²) in [4.78, 5) is 5.80. The van der Waals surface area contributed by atoms with Gasteiger partial charge in [-0.05, 0) is 30.2 Å². The standard InChI is InChI=1S/C14H11FN2S.ClH/c15-11-4-1-10(2-5-11)3-6-14-17-12-7-8-16-9-13(12)18-14;/h1-2,4-5,16H,7-9H2;1H. The van der Waals surface area contributed by atoms with E-state index in [1.165, 1.54) is 22.7 Å². The summed E-state index contributed by atoms with van der Waals surface area (Å²) in [6.07, 6.45) is 0.976. The molecule has 0 unspecified atom stereocenters. The zero-order valence-electron chi connectivity index (χ0n) is 10.1. The average molecular weight is 295 g/mol. The maximum absolute atomic E-state index is 12.7. The van der Waals surface area contributed by atoms with Gasteiger partial charge in [0.1, 0.15) is 5.82 Å². The molecular formula is C14H12ClFN2S. The van der Waals surface area contributed by atoms with Crippen LogP contribution in [0.3, 0.4) is 0 Å². The van der Waals surface area contributed by atoms with Crippen molar-refractivity contribution in [2.45, 2.75) is 13.0 Å². The lowest BCUT2D eigenvalue weighted by Gasteiger charge is -2.09. The van der Waals surface area contributed by atoms with Crippen LogP contribution in [0.25, 0.3) is 0 Å². The number of rotatable bonds is 0. The molecule has 0 amide bonds. The highest BCUT2D eigenvalue weighted by Crippen LogP contribution is 2.20. The van der Waals surface area contributed by atoms with Gasteiger partial charge in [-0.25, -0.2) is 9.37 Å². The molecule has 1 N–H and O–H groups in total. The summed E-state index contributed by atoms with van der Waals surface area (Å²) in [6, 6.07) is 6.19. The first-order valence-electron chi connectivity index (χ1n) is 5.78. The lowest BCUT2D eigenvalue weighted by Crippen LogP contribution is -2.22. The summed E-state index contributed by atoms with van der Waals surface area (Å²) >= 11 is 1.64.